The van der Waals surface area contributed by atoms with Gasteiger partial charge in [0.2, 0.25) is 0 Å². The fraction of sp³-hybridized carbons (Fsp3) is 0.529. The Balaban J connectivity index is 2.73. The Hall–Kier alpha value is -1.44. The highest BCUT2D eigenvalue weighted by Gasteiger charge is 2.18. The first-order valence-corrected chi connectivity index (χ1v) is 6.85. The zero-order valence-electron chi connectivity index (χ0n) is 12.4. The lowest BCUT2D eigenvalue weighted by Crippen LogP contribution is -2.16. The molecule has 0 heterocycles. The maximum Gasteiger partial charge on any atom is 0.159 e. The first kappa shape index (κ1) is 15.6. The lowest BCUT2D eigenvalue weighted by molar-refractivity contribution is -0.108. The maximum absolute atomic E-state index is 11.2. The number of Topliss-reactive ketones (excluding diaryl/α,β-unsaturated/α-hetero) is 1. The first-order valence-electron chi connectivity index (χ1n) is 6.85. The minimum absolute atomic E-state index is 0.0886. The van der Waals surface area contributed by atoms with Gasteiger partial charge in [0.15, 0.2) is 5.78 Å². The molecule has 0 N–H and O–H groups in total. The molecular formula is C17H24O2. The number of hydrogen-bond donors (Lipinski definition) is 0. The summed E-state index contributed by atoms with van der Waals surface area (Å²) >= 11 is 0. The average molecular weight is 260 g/mol. The molecule has 0 aromatic heterocycles. The number of aldehydes is 1. The summed E-state index contributed by atoms with van der Waals surface area (Å²) in [5.74, 6) is 0.464. The van der Waals surface area contributed by atoms with Crippen molar-refractivity contribution in [1.29, 1.82) is 0 Å². The standard InChI is InChI=1S/C17H24O2/c1-13(19)16-7-5-14(6-8-16)11-15(9-10-18)12-17(2,3)4/h5-8,10,15H,9,11-12H2,1-4H3. The van der Waals surface area contributed by atoms with Gasteiger partial charge in [0, 0.05) is 12.0 Å². The van der Waals surface area contributed by atoms with Gasteiger partial charge in [-0.3, -0.25) is 4.79 Å². The van der Waals surface area contributed by atoms with Gasteiger partial charge in [0.05, 0.1) is 0 Å². The number of rotatable bonds is 6. The Morgan fingerprint density at radius 2 is 1.79 bits per heavy atom. The van der Waals surface area contributed by atoms with Crippen LogP contribution >= 0.6 is 0 Å². The van der Waals surface area contributed by atoms with E-state index in [-0.39, 0.29) is 11.2 Å². The van der Waals surface area contributed by atoms with E-state index in [1.54, 1.807) is 6.92 Å². The average Bonchev–Trinajstić information content (AvgIpc) is 2.27. The van der Waals surface area contributed by atoms with E-state index in [0.717, 1.165) is 24.7 Å². The number of ketones is 1. The first-order chi connectivity index (χ1) is 8.81. The van der Waals surface area contributed by atoms with Gasteiger partial charge in [-0.25, -0.2) is 0 Å². The second-order valence-corrected chi connectivity index (χ2v) is 6.49. The molecule has 0 aliphatic rings. The molecule has 0 fully saturated rings. The number of carbonyl (C=O) groups excluding carboxylic acids is 2. The van der Waals surface area contributed by atoms with Crippen molar-refractivity contribution in [1.82, 2.24) is 0 Å². The van der Waals surface area contributed by atoms with Gasteiger partial charge in [-0.2, -0.15) is 0 Å². The number of benzene rings is 1. The zero-order valence-corrected chi connectivity index (χ0v) is 12.4. The summed E-state index contributed by atoms with van der Waals surface area (Å²) in [6.45, 7) is 8.17. The van der Waals surface area contributed by atoms with Crippen LogP contribution in [-0.2, 0) is 11.2 Å². The van der Waals surface area contributed by atoms with Crippen LogP contribution in [0.5, 0.6) is 0 Å². The van der Waals surface area contributed by atoms with Gasteiger partial charge in [-0.1, -0.05) is 45.0 Å². The van der Waals surface area contributed by atoms with Crippen molar-refractivity contribution in [3.8, 4) is 0 Å². The van der Waals surface area contributed by atoms with E-state index >= 15 is 0 Å². The molecule has 0 amide bonds. The van der Waals surface area contributed by atoms with Gasteiger partial charge in [-0.05, 0) is 36.7 Å². The van der Waals surface area contributed by atoms with Crippen molar-refractivity contribution >= 4 is 12.1 Å². The molecule has 1 unspecified atom stereocenters. The molecule has 1 rings (SSSR count). The zero-order chi connectivity index (χ0) is 14.5. The molecule has 2 nitrogen and oxygen atoms in total. The van der Waals surface area contributed by atoms with Crippen LogP contribution in [-0.4, -0.2) is 12.1 Å². The Bertz CT molecular complexity index is 424. The molecule has 0 aliphatic carbocycles. The third-order valence-corrected chi connectivity index (χ3v) is 3.22. The molecule has 0 bridgehead atoms. The highest BCUT2D eigenvalue weighted by molar-refractivity contribution is 5.93. The predicted molar refractivity (Wildman–Crippen MR) is 78.4 cm³/mol. The van der Waals surface area contributed by atoms with E-state index in [2.05, 4.69) is 20.8 Å². The van der Waals surface area contributed by atoms with E-state index < -0.39 is 0 Å². The van der Waals surface area contributed by atoms with Crippen molar-refractivity contribution in [2.75, 3.05) is 0 Å². The summed E-state index contributed by atoms with van der Waals surface area (Å²) in [7, 11) is 0. The van der Waals surface area contributed by atoms with Crippen molar-refractivity contribution < 1.29 is 9.59 Å². The molecule has 0 saturated heterocycles. The largest absolute Gasteiger partial charge is 0.303 e. The van der Waals surface area contributed by atoms with Gasteiger partial charge in [-0.15, -0.1) is 0 Å². The summed E-state index contributed by atoms with van der Waals surface area (Å²) in [4.78, 5) is 22.0. The van der Waals surface area contributed by atoms with Crippen LogP contribution in [0.25, 0.3) is 0 Å². The quantitative estimate of drug-likeness (QED) is 0.570. The van der Waals surface area contributed by atoms with Crippen molar-refractivity contribution in [2.45, 2.75) is 47.0 Å². The van der Waals surface area contributed by atoms with Crippen molar-refractivity contribution in [3.05, 3.63) is 35.4 Å². The predicted octanol–water partition coefficient (Wildman–Crippen LogP) is 4.07. The lowest BCUT2D eigenvalue weighted by Gasteiger charge is -2.24. The van der Waals surface area contributed by atoms with Gasteiger partial charge < -0.3 is 4.79 Å². The Kier molecular flexibility index (Phi) is 5.46. The number of carbonyl (C=O) groups is 2. The molecule has 0 radical (unpaired) electrons. The van der Waals surface area contributed by atoms with Crippen LogP contribution in [0.4, 0.5) is 0 Å². The van der Waals surface area contributed by atoms with E-state index in [0.29, 0.717) is 12.3 Å². The van der Waals surface area contributed by atoms with Crippen LogP contribution in [0, 0.1) is 11.3 Å². The smallest absolute Gasteiger partial charge is 0.159 e. The molecule has 1 aromatic rings. The molecule has 19 heavy (non-hydrogen) atoms. The molecule has 2 heteroatoms. The molecule has 0 spiro atoms. The van der Waals surface area contributed by atoms with Gasteiger partial charge >= 0.3 is 0 Å². The fourth-order valence-corrected chi connectivity index (χ4v) is 2.45. The maximum atomic E-state index is 11.2. The Morgan fingerprint density at radius 3 is 2.21 bits per heavy atom. The molecule has 1 aromatic carbocycles. The topological polar surface area (TPSA) is 34.1 Å². The van der Waals surface area contributed by atoms with Crippen LogP contribution in [0.3, 0.4) is 0 Å². The number of hydrogen-bond acceptors (Lipinski definition) is 2. The van der Waals surface area contributed by atoms with Crippen LogP contribution < -0.4 is 0 Å². The van der Waals surface area contributed by atoms with Crippen LogP contribution in [0.2, 0.25) is 0 Å². The molecule has 0 saturated carbocycles. The van der Waals surface area contributed by atoms with Crippen molar-refractivity contribution in [2.24, 2.45) is 11.3 Å². The summed E-state index contributed by atoms with van der Waals surface area (Å²) in [5, 5.41) is 0. The normalized spacial score (nSPS) is 13.1. The summed E-state index contributed by atoms with van der Waals surface area (Å²) < 4.78 is 0. The van der Waals surface area contributed by atoms with Crippen LogP contribution in [0.1, 0.15) is 56.5 Å². The van der Waals surface area contributed by atoms with E-state index in [1.807, 2.05) is 24.3 Å². The van der Waals surface area contributed by atoms with E-state index in [4.69, 9.17) is 0 Å². The highest BCUT2D eigenvalue weighted by atomic mass is 16.1. The third kappa shape index (κ3) is 5.82. The highest BCUT2D eigenvalue weighted by Crippen LogP contribution is 2.28. The minimum atomic E-state index is 0.0886. The summed E-state index contributed by atoms with van der Waals surface area (Å²) in [5.41, 5.74) is 2.17. The fourth-order valence-electron chi connectivity index (χ4n) is 2.45. The van der Waals surface area contributed by atoms with E-state index in [1.165, 1.54) is 5.56 Å². The summed E-state index contributed by atoms with van der Waals surface area (Å²) in [6.07, 6.45) is 3.54. The Morgan fingerprint density at radius 1 is 1.21 bits per heavy atom. The second-order valence-electron chi connectivity index (χ2n) is 6.49. The molecule has 1 atom stereocenters. The second kappa shape index (κ2) is 6.65. The van der Waals surface area contributed by atoms with Gasteiger partial charge in [0.25, 0.3) is 0 Å². The molecule has 0 aliphatic heterocycles. The van der Waals surface area contributed by atoms with Gasteiger partial charge in [0.1, 0.15) is 6.29 Å². The Labute approximate surface area is 116 Å². The SMILES string of the molecule is CC(=O)c1ccc(CC(CC=O)CC(C)(C)C)cc1. The molecule has 104 valence electrons. The van der Waals surface area contributed by atoms with Crippen molar-refractivity contribution in [3.63, 3.8) is 0 Å². The third-order valence-electron chi connectivity index (χ3n) is 3.22. The monoisotopic (exact) mass is 260 g/mol. The minimum Gasteiger partial charge on any atom is -0.303 e. The lowest BCUT2D eigenvalue weighted by atomic mass is 9.80. The molecular weight excluding hydrogens is 236 g/mol. The van der Waals surface area contributed by atoms with Crippen LogP contribution in [0.15, 0.2) is 24.3 Å². The van der Waals surface area contributed by atoms with E-state index in [9.17, 15) is 9.59 Å². The summed E-state index contributed by atoms with van der Waals surface area (Å²) in [6, 6.07) is 7.73.